The molecule has 0 bridgehead atoms. The summed E-state index contributed by atoms with van der Waals surface area (Å²) in [7, 11) is 0. The zero-order chi connectivity index (χ0) is 26.9. The average molecular weight is 530 g/mol. The van der Waals surface area contributed by atoms with Crippen molar-refractivity contribution in [3.63, 3.8) is 0 Å². The number of benzene rings is 2. The quantitative estimate of drug-likeness (QED) is 0.117. The Labute approximate surface area is 205 Å². The van der Waals surface area contributed by atoms with Gasteiger partial charge in [0, 0.05) is 16.8 Å². The molecule has 0 saturated heterocycles. The van der Waals surface area contributed by atoms with Gasteiger partial charge >= 0.3 is 12.1 Å². The first kappa shape index (κ1) is 26.9. The topological polar surface area (TPSA) is 84.9 Å². The van der Waals surface area contributed by atoms with Crippen LogP contribution in [-0.4, -0.2) is 35.1 Å². The first-order chi connectivity index (χ1) is 16.7. The number of carbonyl (C=O) groups excluding carboxylic acids is 3. The minimum Gasteiger partial charge on any atom is -0.443 e. The Hall–Kier alpha value is -3.74. The van der Waals surface area contributed by atoms with Crippen molar-refractivity contribution in [3.05, 3.63) is 63.8 Å². The van der Waals surface area contributed by atoms with Gasteiger partial charge in [-0.3, -0.25) is 4.79 Å². The number of esters is 1. The highest BCUT2D eigenvalue weighted by molar-refractivity contribution is 7.20. The lowest BCUT2D eigenvalue weighted by Gasteiger charge is -2.25. The van der Waals surface area contributed by atoms with Gasteiger partial charge in [0.15, 0.2) is 0 Å². The van der Waals surface area contributed by atoms with E-state index in [1.165, 1.54) is 24.3 Å². The zero-order valence-corrected chi connectivity index (χ0v) is 20.1. The molecule has 1 heterocycles. The highest BCUT2D eigenvalue weighted by Crippen LogP contribution is 2.32. The van der Waals surface area contributed by atoms with Crippen molar-refractivity contribution in [1.29, 1.82) is 0 Å². The van der Waals surface area contributed by atoms with E-state index in [0.29, 0.717) is 10.1 Å². The lowest BCUT2D eigenvalue weighted by molar-refractivity contribution is 0.0303. The SMILES string of the molecule is CCN(NC(=O)OC(C)(C)C)C(=O)c1ccc2sc(C(=O)Oc3c(F)c(F)c(F)c(F)c3F)cc2c1. The van der Waals surface area contributed by atoms with Crippen LogP contribution in [0, 0.1) is 29.1 Å². The third kappa shape index (κ3) is 5.56. The van der Waals surface area contributed by atoms with Crippen molar-refractivity contribution in [2.75, 3.05) is 6.54 Å². The fourth-order valence-corrected chi connectivity index (χ4v) is 3.85. The molecule has 2 amide bonds. The molecule has 13 heteroatoms. The van der Waals surface area contributed by atoms with Gasteiger partial charge in [-0.25, -0.2) is 33.2 Å². The number of halogens is 5. The molecule has 0 atom stereocenters. The second-order valence-corrected chi connectivity index (χ2v) is 9.40. The number of rotatable bonds is 4. The molecular formula is C23H19F5N2O5S. The molecule has 1 aromatic heterocycles. The number of hydrazine groups is 1. The summed E-state index contributed by atoms with van der Waals surface area (Å²) in [4.78, 5) is 37.0. The summed E-state index contributed by atoms with van der Waals surface area (Å²) < 4.78 is 77.7. The van der Waals surface area contributed by atoms with E-state index in [0.717, 1.165) is 16.3 Å². The normalized spacial score (nSPS) is 11.4. The molecule has 3 aromatic rings. The van der Waals surface area contributed by atoms with Crippen LogP contribution in [0.15, 0.2) is 24.3 Å². The average Bonchev–Trinajstić information content (AvgIpc) is 3.24. The van der Waals surface area contributed by atoms with Crippen LogP contribution in [0.2, 0.25) is 0 Å². The van der Waals surface area contributed by atoms with Gasteiger partial charge in [0.25, 0.3) is 5.91 Å². The van der Waals surface area contributed by atoms with Gasteiger partial charge in [-0.1, -0.05) is 0 Å². The van der Waals surface area contributed by atoms with E-state index in [-0.39, 0.29) is 17.0 Å². The number of nitrogens with zero attached hydrogens (tertiary/aromatic N) is 1. The summed E-state index contributed by atoms with van der Waals surface area (Å²) in [6.07, 6.45) is -0.840. The van der Waals surface area contributed by atoms with Gasteiger partial charge < -0.3 is 9.47 Å². The number of carbonyl (C=O) groups is 3. The fraction of sp³-hybridized carbons (Fsp3) is 0.261. The molecule has 0 aliphatic rings. The van der Waals surface area contributed by atoms with Crippen LogP contribution in [0.5, 0.6) is 5.75 Å². The summed E-state index contributed by atoms with van der Waals surface area (Å²) in [6, 6.07) is 5.51. The summed E-state index contributed by atoms with van der Waals surface area (Å²) in [6.45, 7) is 6.68. The second-order valence-electron chi connectivity index (χ2n) is 8.31. The van der Waals surface area contributed by atoms with Crippen molar-refractivity contribution in [1.82, 2.24) is 10.4 Å². The molecule has 0 aliphatic carbocycles. The van der Waals surface area contributed by atoms with Crippen molar-refractivity contribution in [3.8, 4) is 5.75 Å². The summed E-state index contributed by atoms with van der Waals surface area (Å²) in [5, 5.41) is 1.36. The van der Waals surface area contributed by atoms with Gasteiger partial charge in [-0.05, 0) is 57.3 Å². The highest BCUT2D eigenvalue weighted by Gasteiger charge is 2.29. The Balaban J connectivity index is 1.84. The van der Waals surface area contributed by atoms with E-state index in [2.05, 4.69) is 10.2 Å². The van der Waals surface area contributed by atoms with Crippen molar-refractivity contribution in [2.24, 2.45) is 0 Å². The molecule has 3 rings (SSSR count). The van der Waals surface area contributed by atoms with Gasteiger partial charge in [-0.2, -0.15) is 8.78 Å². The number of ether oxygens (including phenoxy) is 2. The Morgan fingerprint density at radius 3 is 2.08 bits per heavy atom. The maximum atomic E-state index is 13.8. The number of amides is 2. The number of thiophene rings is 1. The minimum atomic E-state index is -2.38. The summed E-state index contributed by atoms with van der Waals surface area (Å²) in [5.41, 5.74) is 1.67. The first-order valence-electron chi connectivity index (χ1n) is 10.3. The molecule has 36 heavy (non-hydrogen) atoms. The van der Waals surface area contributed by atoms with E-state index in [4.69, 9.17) is 4.74 Å². The monoisotopic (exact) mass is 530 g/mol. The molecule has 192 valence electrons. The third-order valence-corrected chi connectivity index (χ3v) is 5.61. The second kappa shape index (κ2) is 10.1. The predicted molar refractivity (Wildman–Crippen MR) is 119 cm³/mol. The van der Waals surface area contributed by atoms with Crippen LogP contribution in [0.3, 0.4) is 0 Å². The van der Waals surface area contributed by atoms with E-state index in [9.17, 15) is 36.3 Å². The van der Waals surface area contributed by atoms with Gasteiger partial charge in [0.05, 0.1) is 0 Å². The Kier molecular flexibility index (Phi) is 7.53. The third-order valence-electron chi connectivity index (χ3n) is 4.52. The van der Waals surface area contributed by atoms with Crippen LogP contribution in [0.25, 0.3) is 10.1 Å². The molecule has 0 radical (unpaired) electrons. The lowest BCUT2D eigenvalue weighted by Crippen LogP contribution is -2.47. The largest absolute Gasteiger partial charge is 0.443 e. The molecule has 0 unspecified atom stereocenters. The molecular weight excluding hydrogens is 511 g/mol. The van der Waals surface area contributed by atoms with E-state index in [1.54, 1.807) is 27.7 Å². The first-order valence-corrected chi connectivity index (χ1v) is 11.1. The standard InChI is InChI=1S/C23H19F5N2O5S/c1-5-30(29-22(33)35-23(2,3)4)20(31)10-6-7-12-11(8-10)9-13(36-12)21(32)34-19-17(27)15(25)14(24)16(26)18(19)28/h6-9H,5H2,1-4H3,(H,29,33). The van der Waals surface area contributed by atoms with Gasteiger partial charge in [0.1, 0.15) is 10.5 Å². The predicted octanol–water partition coefficient (Wildman–Crippen LogP) is 5.72. The van der Waals surface area contributed by atoms with Crippen LogP contribution in [0.1, 0.15) is 47.7 Å². The number of hydrogen-bond acceptors (Lipinski definition) is 6. The fourth-order valence-electron chi connectivity index (χ4n) is 2.93. The Morgan fingerprint density at radius 2 is 1.53 bits per heavy atom. The van der Waals surface area contributed by atoms with Crippen LogP contribution >= 0.6 is 11.3 Å². The van der Waals surface area contributed by atoms with E-state index < -0.39 is 58.4 Å². The molecule has 2 aromatic carbocycles. The number of nitrogens with one attached hydrogen (secondary N) is 1. The van der Waals surface area contributed by atoms with Gasteiger partial charge in [-0.15, -0.1) is 11.3 Å². The minimum absolute atomic E-state index is 0.0965. The summed E-state index contributed by atoms with van der Waals surface area (Å²) in [5.74, 6) is -15.1. The van der Waals surface area contributed by atoms with Crippen molar-refractivity contribution < 1.29 is 45.8 Å². The van der Waals surface area contributed by atoms with Crippen LogP contribution in [0.4, 0.5) is 26.7 Å². The lowest BCUT2D eigenvalue weighted by atomic mass is 10.1. The van der Waals surface area contributed by atoms with Crippen molar-refractivity contribution >= 4 is 39.4 Å². The Bertz CT molecular complexity index is 1340. The molecule has 0 spiro atoms. The van der Waals surface area contributed by atoms with E-state index >= 15 is 0 Å². The smallest absolute Gasteiger partial charge is 0.426 e. The maximum absolute atomic E-state index is 13.8. The maximum Gasteiger partial charge on any atom is 0.426 e. The molecule has 0 fully saturated rings. The van der Waals surface area contributed by atoms with Crippen LogP contribution < -0.4 is 10.2 Å². The molecule has 0 aliphatic heterocycles. The highest BCUT2D eigenvalue weighted by atomic mass is 32.1. The molecule has 1 N–H and O–H groups in total. The molecule has 7 nitrogen and oxygen atoms in total. The molecule has 0 saturated carbocycles. The zero-order valence-electron chi connectivity index (χ0n) is 19.3. The summed E-state index contributed by atoms with van der Waals surface area (Å²) >= 11 is 0.804. The van der Waals surface area contributed by atoms with Gasteiger partial charge in [0.2, 0.25) is 34.8 Å². The van der Waals surface area contributed by atoms with E-state index in [1.807, 2.05) is 0 Å². The number of fused-ring (bicyclic) bond motifs is 1. The van der Waals surface area contributed by atoms with Crippen LogP contribution in [-0.2, 0) is 4.74 Å². The Morgan fingerprint density at radius 1 is 0.944 bits per heavy atom. The number of hydrogen-bond donors (Lipinski definition) is 1. The van der Waals surface area contributed by atoms with Crippen molar-refractivity contribution in [2.45, 2.75) is 33.3 Å².